The summed E-state index contributed by atoms with van der Waals surface area (Å²) in [4.78, 5) is 12.2. The average molecular weight is 294 g/mol. The van der Waals surface area contributed by atoms with Crippen LogP contribution in [0.2, 0.25) is 0 Å². The maximum atomic E-state index is 12.5. The van der Waals surface area contributed by atoms with E-state index in [1.54, 1.807) is 18.2 Å². The molecule has 0 aliphatic carbocycles. The van der Waals surface area contributed by atoms with E-state index in [4.69, 9.17) is 4.74 Å². The van der Waals surface area contributed by atoms with Gasteiger partial charge < -0.3 is 4.74 Å². The molecule has 0 saturated heterocycles. The molecule has 21 heavy (non-hydrogen) atoms. The normalized spacial score (nSPS) is 11.3. The molecule has 0 unspecified atom stereocenters. The standard InChI is InChI=1S/C16H13F3O2/c1-10-3-4-12(9-14(10)21-2)15(20)11-5-7-13(8-6-11)16(17,18)19/h3-9H,1-2H3. The molecule has 0 atom stereocenters. The van der Waals surface area contributed by atoms with E-state index in [1.807, 2.05) is 6.92 Å². The Balaban J connectivity index is 2.32. The molecule has 0 aliphatic rings. The van der Waals surface area contributed by atoms with Gasteiger partial charge in [0.1, 0.15) is 5.75 Å². The molecule has 2 rings (SSSR count). The summed E-state index contributed by atoms with van der Waals surface area (Å²) >= 11 is 0. The van der Waals surface area contributed by atoms with Crippen LogP contribution < -0.4 is 4.74 Å². The Hall–Kier alpha value is -2.30. The van der Waals surface area contributed by atoms with Gasteiger partial charge in [0, 0.05) is 11.1 Å². The molecule has 0 fully saturated rings. The Labute approximate surface area is 120 Å². The Bertz CT molecular complexity index is 658. The number of carbonyl (C=O) groups excluding carboxylic acids is 1. The number of hydrogen-bond donors (Lipinski definition) is 0. The Kier molecular flexibility index (Phi) is 4.02. The molecule has 0 heterocycles. The van der Waals surface area contributed by atoms with Crippen molar-refractivity contribution in [1.82, 2.24) is 0 Å². The first kappa shape index (κ1) is 15.1. The van der Waals surface area contributed by atoms with Gasteiger partial charge >= 0.3 is 6.18 Å². The third-order valence-electron chi connectivity index (χ3n) is 3.14. The molecule has 2 aromatic rings. The van der Waals surface area contributed by atoms with Crippen LogP contribution >= 0.6 is 0 Å². The highest BCUT2D eigenvalue weighted by Crippen LogP contribution is 2.29. The number of hydrogen-bond acceptors (Lipinski definition) is 2. The minimum Gasteiger partial charge on any atom is -0.496 e. The van der Waals surface area contributed by atoms with Gasteiger partial charge in [-0.15, -0.1) is 0 Å². The number of ketones is 1. The first-order valence-electron chi connectivity index (χ1n) is 6.19. The maximum absolute atomic E-state index is 12.5. The zero-order chi connectivity index (χ0) is 15.6. The number of aryl methyl sites for hydroxylation is 1. The van der Waals surface area contributed by atoms with Crippen molar-refractivity contribution in [3.05, 3.63) is 64.7 Å². The Morgan fingerprint density at radius 2 is 1.57 bits per heavy atom. The maximum Gasteiger partial charge on any atom is 0.416 e. The zero-order valence-corrected chi connectivity index (χ0v) is 11.5. The van der Waals surface area contributed by atoms with Crippen LogP contribution in [0.4, 0.5) is 13.2 Å². The summed E-state index contributed by atoms with van der Waals surface area (Å²) in [5.74, 6) is 0.217. The lowest BCUT2D eigenvalue weighted by Gasteiger charge is -2.09. The van der Waals surface area contributed by atoms with Gasteiger partial charge in [-0.1, -0.05) is 24.3 Å². The third kappa shape index (κ3) is 3.24. The number of halogens is 3. The van der Waals surface area contributed by atoms with Crippen LogP contribution in [0.1, 0.15) is 27.0 Å². The second-order valence-corrected chi connectivity index (χ2v) is 4.59. The average Bonchev–Trinajstić information content (AvgIpc) is 2.46. The highest BCUT2D eigenvalue weighted by molar-refractivity contribution is 6.09. The van der Waals surface area contributed by atoms with Crippen molar-refractivity contribution < 1.29 is 22.7 Å². The summed E-state index contributed by atoms with van der Waals surface area (Å²) in [5.41, 5.74) is 0.674. The predicted octanol–water partition coefficient (Wildman–Crippen LogP) is 4.25. The summed E-state index contributed by atoms with van der Waals surface area (Å²) in [5, 5.41) is 0. The molecule has 2 nitrogen and oxygen atoms in total. The van der Waals surface area contributed by atoms with Crippen molar-refractivity contribution in [3.8, 4) is 5.75 Å². The van der Waals surface area contributed by atoms with Crippen molar-refractivity contribution in [1.29, 1.82) is 0 Å². The molecule has 2 aromatic carbocycles. The SMILES string of the molecule is COc1cc(C(=O)c2ccc(C(F)(F)F)cc2)ccc1C. The molecule has 5 heteroatoms. The van der Waals surface area contributed by atoms with Gasteiger partial charge in [0.15, 0.2) is 5.78 Å². The van der Waals surface area contributed by atoms with Crippen molar-refractivity contribution in [2.45, 2.75) is 13.1 Å². The predicted molar refractivity (Wildman–Crippen MR) is 72.6 cm³/mol. The molecule has 0 aromatic heterocycles. The van der Waals surface area contributed by atoms with Crippen LogP contribution in [0.5, 0.6) is 5.75 Å². The van der Waals surface area contributed by atoms with Gasteiger partial charge in [-0.3, -0.25) is 4.79 Å². The topological polar surface area (TPSA) is 26.3 Å². The van der Waals surface area contributed by atoms with Crippen molar-refractivity contribution in [3.63, 3.8) is 0 Å². The van der Waals surface area contributed by atoms with Gasteiger partial charge in [-0.05, 0) is 30.7 Å². The summed E-state index contributed by atoms with van der Waals surface area (Å²) < 4.78 is 42.6. The fourth-order valence-electron chi connectivity index (χ4n) is 1.94. The molecule has 0 amide bonds. The molecular formula is C16H13F3O2. The fraction of sp³-hybridized carbons (Fsp3) is 0.188. The van der Waals surface area contributed by atoms with E-state index in [-0.39, 0.29) is 11.3 Å². The highest BCUT2D eigenvalue weighted by atomic mass is 19.4. The first-order valence-corrected chi connectivity index (χ1v) is 6.19. The number of benzene rings is 2. The number of rotatable bonds is 3. The number of ether oxygens (including phenoxy) is 1. The van der Waals surface area contributed by atoms with Gasteiger partial charge in [0.2, 0.25) is 0 Å². The van der Waals surface area contributed by atoms with Crippen molar-refractivity contribution in [2.75, 3.05) is 7.11 Å². The zero-order valence-electron chi connectivity index (χ0n) is 11.5. The Morgan fingerprint density at radius 1 is 1.00 bits per heavy atom. The first-order chi connectivity index (χ1) is 9.82. The molecule has 0 saturated carbocycles. The van der Waals surface area contributed by atoms with E-state index in [0.717, 1.165) is 17.7 Å². The second kappa shape index (κ2) is 5.60. The second-order valence-electron chi connectivity index (χ2n) is 4.59. The van der Waals surface area contributed by atoms with E-state index in [9.17, 15) is 18.0 Å². The molecule has 0 radical (unpaired) electrons. The molecular weight excluding hydrogens is 281 g/mol. The van der Waals surface area contributed by atoms with Crippen molar-refractivity contribution in [2.24, 2.45) is 0 Å². The van der Waals surface area contributed by atoms with Crippen LogP contribution in [0.15, 0.2) is 42.5 Å². The largest absolute Gasteiger partial charge is 0.496 e. The summed E-state index contributed by atoms with van der Waals surface area (Å²) in [6.07, 6.45) is -4.41. The lowest BCUT2D eigenvalue weighted by molar-refractivity contribution is -0.137. The number of alkyl halides is 3. The minimum atomic E-state index is -4.41. The van der Waals surface area contributed by atoms with E-state index in [1.165, 1.54) is 19.2 Å². The number of methoxy groups -OCH3 is 1. The Morgan fingerprint density at radius 3 is 2.10 bits per heavy atom. The van der Waals surface area contributed by atoms with Crippen LogP contribution in [-0.2, 0) is 6.18 Å². The van der Waals surface area contributed by atoms with Crippen LogP contribution in [-0.4, -0.2) is 12.9 Å². The number of carbonyl (C=O) groups is 1. The highest BCUT2D eigenvalue weighted by Gasteiger charge is 2.30. The lowest BCUT2D eigenvalue weighted by Crippen LogP contribution is -2.07. The fourth-order valence-corrected chi connectivity index (χ4v) is 1.94. The quantitative estimate of drug-likeness (QED) is 0.791. The van der Waals surface area contributed by atoms with E-state index in [2.05, 4.69) is 0 Å². The van der Waals surface area contributed by atoms with E-state index >= 15 is 0 Å². The smallest absolute Gasteiger partial charge is 0.416 e. The van der Waals surface area contributed by atoms with Crippen LogP contribution in [0.25, 0.3) is 0 Å². The lowest BCUT2D eigenvalue weighted by atomic mass is 10.0. The molecule has 0 bridgehead atoms. The minimum absolute atomic E-state index is 0.203. The van der Waals surface area contributed by atoms with Gasteiger partial charge in [-0.2, -0.15) is 13.2 Å². The van der Waals surface area contributed by atoms with Gasteiger partial charge in [0.25, 0.3) is 0 Å². The molecule has 0 N–H and O–H groups in total. The summed E-state index contributed by atoms with van der Waals surface area (Å²) in [6, 6.07) is 9.09. The van der Waals surface area contributed by atoms with Crippen LogP contribution in [0, 0.1) is 6.92 Å². The monoisotopic (exact) mass is 294 g/mol. The van der Waals surface area contributed by atoms with Crippen molar-refractivity contribution >= 4 is 5.78 Å². The molecule has 0 aliphatic heterocycles. The summed E-state index contributed by atoms with van der Waals surface area (Å²) in [7, 11) is 1.49. The van der Waals surface area contributed by atoms with E-state index < -0.39 is 11.7 Å². The van der Waals surface area contributed by atoms with E-state index in [0.29, 0.717) is 11.3 Å². The van der Waals surface area contributed by atoms with Gasteiger partial charge in [-0.25, -0.2) is 0 Å². The molecule has 110 valence electrons. The summed E-state index contributed by atoms with van der Waals surface area (Å²) in [6.45, 7) is 1.84. The third-order valence-corrected chi connectivity index (χ3v) is 3.14. The van der Waals surface area contributed by atoms with Gasteiger partial charge in [0.05, 0.1) is 12.7 Å². The van der Waals surface area contributed by atoms with Crippen LogP contribution in [0.3, 0.4) is 0 Å². The molecule has 0 spiro atoms.